The number of rotatable bonds is 19. The zero-order valence-electron chi connectivity index (χ0n) is 64.3. The van der Waals surface area contributed by atoms with E-state index in [0.29, 0.717) is 49.8 Å². The molecule has 7 rings (SSSR count). The summed E-state index contributed by atoms with van der Waals surface area (Å²) in [5, 5.41) is 56.9. The second-order valence-corrected chi connectivity index (χ2v) is 30.3. The van der Waals surface area contributed by atoms with Crippen LogP contribution in [-0.4, -0.2) is 198 Å². The normalized spacial score (nSPS) is 22.8. The first-order valence-corrected chi connectivity index (χ1v) is 37.1. The summed E-state index contributed by atoms with van der Waals surface area (Å²) in [4.78, 5) is 213. The number of primary amides is 1. The van der Waals surface area contributed by atoms with Gasteiger partial charge in [0.2, 0.25) is 76.8 Å². The summed E-state index contributed by atoms with van der Waals surface area (Å²) in [7, 11) is 0. The maximum absolute atomic E-state index is 15.2. The van der Waals surface area contributed by atoms with Gasteiger partial charge in [0.15, 0.2) is 0 Å². The molecule has 1 unspecified atom stereocenters. The van der Waals surface area contributed by atoms with E-state index in [2.05, 4.69) is 89.1 Å². The Balaban J connectivity index is 1.29. The van der Waals surface area contributed by atoms with Crippen LogP contribution in [0.15, 0.2) is 97.7 Å². The number of aliphatic hydroxyl groups is 1. The average Bonchev–Trinajstić information content (AvgIpc) is 1.70. The van der Waals surface area contributed by atoms with Gasteiger partial charge in [-0.05, 0) is 106 Å². The van der Waals surface area contributed by atoms with E-state index in [9.17, 15) is 72.5 Å². The smallest absolute Gasteiger partial charge is 0.303 e. The Morgan fingerprint density at radius 3 is 1.58 bits per heavy atom. The minimum Gasteiger partial charge on any atom is -0.481 e. The summed E-state index contributed by atoms with van der Waals surface area (Å²) in [5.74, 6) is -14.6. The number of carbonyl (C=O) groups is 14. The molecule has 20 N–H and O–H groups in total. The Bertz CT molecular complexity index is 4300. The van der Waals surface area contributed by atoms with Gasteiger partial charge in [0.1, 0.15) is 60.4 Å². The molecule has 600 valence electrons. The highest BCUT2D eigenvalue weighted by Gasteiger charge is 2.39. The number of aromatic amines is 3. The average molecular weight is 1540 g/mol. The van der Waals surface area contributed by atoms with Crippen LogP contribution in [-0.2, 0) is 99.4 Å². The highest BCUT2D eigenvalue weighted by atomic mass is 16.4. The number of H-pyrrole nitrogens is 3. The SMILES string of the molecule is CC(C)C[C@@H]1NC(=O)[C@H](Cc2c[nH]cn2)NC(=O)[C@H](Cc2c[nH]c3ccccc23)NC(=O)[C@H](C)NC(=O)[C@@H](NC(C)(C)C)CC(=O)NCc2ccccc2CC(C(=O)N[C@H](C(N)=O)[C@@H](C)O)NC(=O)[C@H](Cc2c[nH]c3ccccc23)NC(=O)[C@H](C(C)C)NC(=O)[C@H](CC(C)C)NC(=O)[C@H](CCC(=O)O)NC(=O)CNC1=O. The number of nitrogens with zero attached hydrogens (tertiary/aromatic N) is 1. The lowest BCUT2D eigenvalue weighted by molar-refractivity contribution is -0.138. The van der Waals surface area contributed by atoms with Gasteiger partial charge in [-0.15, -0.1) is 0 Å². The van der Waals surface area contributed by atoms with Gasteiger partial charge in [-0.25, -0.2) is 4.98 Å². The van der Waals surface area contributed by atoms with Crippen LogP contribution in [0.25, 0.3) is 21.8 Å². The molecule has 4 heterocycles. The van der Waals surface area contributed by atoms with Gasteiger partial charge in [-0.3, -0.25) is 67.1 Å². The number of aliphatic carboxylic acids is 1. The van der Waals surface area contributed by atoms with E-state index in [-0.39, 0.29) is 56.9 Å². The van der Waals surface area contributed by atoms with Gasteiger partial charge in [-0.2, -0.15) is 0 Å². The largest absolute Gasteiger partial charge is 0.481 e. The quantitative estimate of drug-likeness (QED) is 0.0503. The summed E-state index contributed by atoms with van der Waals surface area (Å²) in [5.41, 5.74) is 8.36. The number of amides is 13. The minimum absolute atomic E-state index is 0.0203. The lowest BCUT2D eigenvalue weighted by atomic mass is 9.97. The van der Waals surface area contributed by atoms with Crippen molar-refractivity contribution in [2.75, 3.05) is 6.54 Å². The molecule has 0 spiro atoms. The summed E-state index contributed by atoms with van der Waals surface area (Å²) in [6, 6.07) is 4.31. The van der Waals surface area contributed by atoms with Crippen molar-refractivity contribution in [3.63, 3.8) is 0 Å². The van der Waals surface area contributed by atoms with Crippen LogP contribution in [0.2, 0.25) is 0 Å². The molecule has 1 aliphatic rings. The van der Waals surface area contributed by atoms with Gasteiger partial charge < -0.3 is 100 Å². The van der Waals surface area contributed by atoms with Crippen LogP contribution in [0.4, 0.5) is 0 Å². The van der Waals surface area contributed by atoms with Gasteiger partial charge in [0.25, 0.3) is 0 Å². The molecule has 111 heavy (non-hydrogen) atoms. The van der Waals surface area contributed by atoms with Crippen LogP contribution < -0.4 is 74.9 Å². The Kier molecular flexibility index (Phi) is 31.4. The highest BCUT2D eigenvalue weighted by Crippen LogP contribution is 2.23. The number of benzene rings is 3. The monoisotopic (exact) mass is 1540 g/mol. The maximum Gasteiger partial charge on any atom is 0.303 e. The van der Waals surface area contributed by atoms with Crippen molar-refractivity contribution >= 4 is 105 Å². The third-order valence-corrected chi connectivity index (χ3v) is 18.5. The molecule has 0 radical (unpaired) electrons. The second-order valence-electron chi connectivity index (χ2n) is 30.3. The van der Waals surface area contributed by atoms with Crippen molar-refractivity contribution in [2.24, 2.45) is 23.5 Å². The number of carboxylic acids is 1. The Hall–Kier alpha value is -11.5. The van der Waals surface area contributed by atoms with E-state index < -0.39 is 193 Å². The number of para-hydroxylation sites is 2. The molecule has 0 saturated carbocycles. The molecule has 12 atom stereocenters. The molecule has 3 aromatic heterocycles. The van der Waals surface area contributed by atoms with Crippen molar-refractivity contribution in [2.45, 2.75) is 219 Å². The molecule has 34 heteroatoms. The van der Waals surface area contributed by atoms with Crippen LogP contribution in [0.3, 0.4) is 0 Å². The number of carbonyl (C=O) groups excluding carboxylic acids is 13. The summed E-state index contributed by atoms with van der Waals surface area (Å²) in [6.45, 7) is 17.0. The zero-order chi connectivity index (χ0) is 81.6. The first kappa shape index (κ1) is 86.7. The number of imidazole rings is 1. The van der Waals surface area contributed by atoms with Crippen LogP contribution >= 0.6 is 0 Å². The Labute approximate surface area is 642 Å². The van der Waals surface area contributed by atoms with Gasteiger partial charge in [0.05, 0.1) is 37.1 Å². The van der Waals surface area contributed by atoms with E-state index in [1.54, 1.807) is 148 Å². The van der Waals surface area contributed by atoms with Gasteiger partial charge in [-0.1, -0.05) is 102 Å². The molecule has 13 amide bonds. The molecular formula is C77H106N18O16. The van der Waals surface area contributed by atoms with Crippen LogP contribution in [0.5, 0.6) is 0 Å². The van der Waals surface area contributed by atoms with E-state index in [1.807, 2.05) is 0 Å². The third-order valence-electron chi connectivity index (χ3n) is 18.5. The van der Waals surface area contributed by atoms with Crippen molar-refractivity contribution in [3.05, 3.63) is 126 Å². The number of carboxylic acid groups (broad SMARTS) is 1. The highest BCUT2D eigenvalue weighted by molar-refractivity contribution is 6.00. The molecule has 0 fully saturated rings. The predicted molar refractivity (Wildman–Crippen MR) is 409 cm³/mol. The first-order valence-electron chi connectivity index (χ1n) is 37.1. The second kappa shape index (κ2) is 40.2. The van der Waals surface area contributed by atoms with Crippen LogP contribution in [0.1, 0.15) is 136 Å². The first-order chi connectivity index (χ1) is 52.4. The fourth-order valence-corrected chi connectivity index (χ4v) is 12.8. The van der Waals surface area contributed by atoms with Crippen molar-refractivity contribution in [3.8, 4) is 0 Å². The number of nitrogens with one attached hydrogen (secondary N) is 16. The number of aliphatic hydroxyl groups excluding tert-OH is 1. The third kappa shape index (κ3) is 26.3. The van der Waals surface area contributed by atoms with E-state index in [4.69, 9.17) is 5.73 Å². The molecule has 1 aliphatic heterocycles. The lowest BCUT2D eigenvalue weighted by Gasteiger charge is -2.29. The molecule has 34 nitrogen and oxygen atoms in total. The molecule has 6 aromatic rings. The fourth-order valence-electron chi connectivity index (χ4n) is 12.8. The number of hydrogen-bond acceptors (Lipinski definition) is 17. The molecule has 0 bridgehead atoms. The Morgan fingerprint density at radius 1 is 0.541 bits per heavy atom. The maximum atomic E-state index is 15.2. The molecular weight excluding hydrogens is 1430 g/mol. The number of nitrogens with two attached hydrogens (primary N) is 1. The number of fused-ring (bicyclic) bond motifs is 3. The van der Waals surface area contributed by atoms with E-state index in [1.165, 1.54) is 26.4 Å². The van der Waals surface area contributed by atoms with E-state index >= 15 is 4.79 Å². The zero-order valence-corrected chi connectivity index (χ0v) is 64.3. The number of aromatic nitrogens is 4. The summed E-state index contributed by atoms with van der Waals surface area (Å²) in [6.07, 6.45) is 1.77. The standard InChI is InChI=1S/C77H106N18O16/c1-39(2)26-54-68(103)83-37-62(98)86-53(24-25-63(99)100)69(104)89-55(27-40(3)4)73(108)93-64(41(5)6)76(111)92-58(30-47-35-81-52-23-17-15-21-50(47)52)71(106)90-56(74(109)94-65(43(8)96)66(78)101)28-44-18-12-13-19-45(44)33-82-61(97)32-60(95-77(9,10)11)75(110)85-42(7)67(102)87-57(29-46-34-80-51-22-16-14-20-49(46)51)70(105)91-59(72(107)88-54)31-48-36-79-38-84-48/h12-23,34-36,38-43,53-60,64-65,80-81,95-96H,24-33,37H2,1-11H3,(H2,78,101)(H,79,84)(H,82,97)(H,83,103)(H,85,110)(H,86,98)(H,87,102)(H,88,107)(H,89,104)(H,90,106)(H,91,105)(H,92,111)(H,93,108)(H,94,109)(H,99,100)/t42-,43+,53-,54-,55-,56?,57-,58-,59-,60-,64-,65-/m0/s1. The van der Waals surface area contributed by atoms with Gasteiger partial charge >= 0.3 is 5.97 Å². The van der Waals surface area contributed by atoms with Crippen molar-refractivity contribution in [1.82, 2.24) is 89.1 Å². The molecule has 0 saturated heterocycles. The lowest BCUT2D eigenvalue weighted by Crippen LogP contribution is -2.61. The Morgan fingerprint density at radius 2 is 1.05 bits per heavy atom. The number of hydrogen-bond donors (Lipinski definition) is 19. The fraction of sp³-hybridized carbons (Fsp3) is 0.494. The molecule has 3 aromatic carbocycles. The summed E-state index contributed by atoms with van der Waals surface area (Å²) < 4.78 is 0. The predicted octanol–water partition coefficient (Wildman–Crippen LogP) is -0.117. The topological polar surface area (TPSA) is 522 Å². The summed E-state index contributed by atoms with van der Waals surface area (Å²) >= 11 is 0. The minimum atomic E-state index is -1.67. The van der Waals surface area contributed by atoms with E-state index in [0.717, 1.165) is 0 Å². The van der Waals surface area contributed by atoms with Crippen molar-refractivity contribution in [1.29, 1.82) is 0 Å². The van der Waals surface area contributed by atoms with Gasteiger partial charge in [0, 0.05) is 84.6 Å². The van der Waals surface area contributed by atoms with Crippen molar-refractivity contribution < 1.29 is 77.3 Å². The molecule has 0 aliphatic carbocycles. The van der Waals surface area contributed by atoms with Crippen LogP contribution in [0, 0.1) is 17.8 Å².